The Balaban J connectivity index is 1.86. The van der Waals surface area contributed by atoms with Crippen molar-refractivity contribution in [1.82, 2.24) is 19.9 Å². The van der Waals surface area contributed by atoms with Gasteiger partial charge in [0.2, 0.25) is 0 Å². The topological polar surface area (TPSA) is 124 Å². The Labute approximate surface area is 210 Å². The maximum atomic E-state index is 16.5. The zero-order chi connectivity index (χ0) is 26.8. The van der Waals surface area contributed by atoms with E-state index in [1.54, 1.807) is 39.8 Å². The van der Waals surface area contributed by atoms with E-state index in [4.69, 9.17) is 0 Å². The van der Waals surface area contributed by atoms with Crippen LogP contribution in [0.4, 0.5) is 8.63 Å². The number of halogens is 2. The first-order chi connectivity index (χ1) is 17.4. The van der Waals surface area contributed by atoms with Crippen LogP contribution in [-0.2, 0) is 16.0 Å². The summed E-state index contributed by atoms with van der Waals surface area (Å²) in [7, 11) is 0. The van der Waals surface area contributed by atoms with Crippen LogP contribution in [0.15, 0.2) is 35.0 Å². The van der Waals surface area contributed by atoms with Gasteiger partial charge < -0.3 is 27.8 Å². The maximum absolute atomic E-state index is 16.5. The Bertz CT molecular complexity index is 1610. The van der Waals surface area contributed by atoms with E-state index in [1.807, 2.05) is 6.07 Å². The number of carbonyl (C=O) groups is 2. The number of hydrogen-bond acceptors (Lipinski definition) is 4. The quantitative estimate of drug-likeness (QED) is 0.413. The summed E-state index contributed by atoms with van der Waals surface area (Å²) in [5.41, 5.74) is 6.14. The van der Waals surface area contributed by atoms with Crippen LogP contribution < -0.4 is 0 Å². The summed E-state index contributed by atoms with van der Waals surface area (Å²) in [6.07, 6.45) is -0.0851. The summed E-state index contributed by atoms with van der Waals surface area (Å²) >= 11 is 0. The van der Waals surface area contributed by atoms with Crippen molar-refractivity contribution in [1.29, 1.82) is 0 Å². The zero-order valence-corrected chi connectivity index (χ0v) is 20.9. The van der Waals surface area contributed by atoms with E-state index in [0.717, 1.165) is 8.96 Å². The number of fused-ring (bicyclic) bond motifs is 3. The van der Waals surface area contributed by atoms with Crippen molar-refractivity contribution in [2.24, 2.45) is 0 Å². The SMILES string of the molecule is CC1=C(CCC(=O)O)C(C)=[N+]2C1=C(c1ccc3n[nH]nc3c1)c1c(C)c(CCC(=O)O)c(C)n1[B-]2(F)F. The van der Waals surface area contributed by atoms with Gasteiger partial charge in [0.05, 0.1) is 5.57 Å². The molecule has 3 N–H and O–H groups in total. The molecule has 0 aliphatic carbocycles. The van der Waals surface area contributed by atoms with Crippen LogP contribution in [0.1, 0.15) is 61.2 Å². The minimum absolute atomic E-state index is 0.130. The Morgan fingerprint density at radius 3 is 2.35 bits per heavy atom. The van der Waals surface area contributed by atoms with Gasteiger partial charge in [0.25, 0.3) is 0 Å². The Kier molecular flexibility index (Phi) is 5.65. The molecule has 9 nitrogen and oxygen atoms in total. The lowest BCUT2D eigenvalue weighted by Crippen LogP contribution is -2.51. The second-order valence-electron chi connectivity index (χ2n) is 9.59. The van der Waals surface area contributed by atoms with E-state index in [-0.39, 0.29) is 25.7 Å². The van der Waals surface area contributed by atoms with Crippen LogP contribution in [0.25, 0.3) is 16.6 Å². The molecule has 2 aromatic heterocycles. The fraction of sp³-hybridized carbons (Fsp3) is 0.320. The molecule has 0 radical (unpaired) electrons. The van der Waals surface area contributed by atoms with Crippen molar-refractivity contribution in [2.75, 3.05) is 0 Å². The van der Waals surface area contributed by atoms with E-state index < -0.39 is 18.9 Å². The van der Waals surface area contributed by atoms with Crippen molar-refractivity contribution >= 4 is 41.2 Å². The van der Waals surface area contributed by atoms with Gasteiger partial charge in [-0.15, -0.1) is 0 Å². The number of H-pyrrole nitrogens is 1. The standard InChI is InChI=1S/C25H26BF2N5O4/c1-12-17(6-9-21(34)35)14(3)32-24(12)23(16-5-8-19-20(11-16)30-31-29-19)25-13(2)18(7-10-22(36)37)15(4)33(25)26(32,27)28/h5,8,11H,6-7,9-10H2,1-4H3,(H,34,35)(H,36,37)(H,29,30,31). The molecule has 0 saturated carbocycles. The first-order valence-corrected chi connectivity index (χ1v) is 12.0. The fourth-order valence-corrected chi connectivity index (χ4v) is 5.91. The number of aromatic amines is 1. The number of carboxylic acid groups (broad SMARTS) is 2. The number of rotatable bonds is 7. The van der Waals surface area contributed by atoms with Crippen molar-refractivity contribution in [3.63, 3.8) is 0 Å². The molecule has 0 amide bonds. The van der Waals surface area contributed by atoms with Gasteiger partial charge in [-0.05, 0) is 68.1 Å². The predicted molar refractivity (Wildman–Crippen MR) is 134 cm³/mol. The lowest BCUT2D eigenvalue weighted by Gasteiger charge is -2.34. The van der Waals surface area contributed by atoms with Crippen LogP contribution in [0.2, 0.25) is 0 Å². The van der Waals surface area contributed by atoms with E-state index in [1.165, 1.54) is 0 Å². The number of nitrogens with one attached hydrogen (secondary N) is 1. The number of nitrogens with zero attached hydrogens (tertiary/aromatic N) is 4. The second kappa shape index (κ2) is 8.50. The largest absolute Gasteiger partial charge is 0.737 e. The monoisotopic (exact) mass is 509 g/mol. The molecule has 37 heavy (non-hydrogen) atoms. The highest BCUT2D eigenvalue weighted by Crippen LogP contribution is 2.47. The minimum atomic E-state index is -4.35. The second-order valence-corrected chi connectivity index (χ2v) is 9.59. The number of carboxylic acids is 2. The molecule has 0 fully saturated rings. The third-order valence-corrected chi connectivity index (χ3v) is 7.57. The van der Waals surface area contributed by atoms with Gasteiger partial charge in [-0.1, -0.05) is 6.07 Å². The normalized spacial score (nSPS) is 16.6. The van der Waals surface area contributed by atoms with Crippen molar-refractivity contribution < 1.29 is 32.9 Å². The van der Waals surface area contributed by atoms with Crippen molar-refractivity contribution in [3.05, 3.63) is 63.1 Å². The van der Waals surface area contributed by atoms with Gasteiger partial charge in [0, 0.05) is 36.6 Å². The lowest BCUT2D eigenvalue weighted by molar-refractivity contribution is -0.363. The molecule has 0 unspecified atom stereocenters. The van der Waals surface area contributed by atoms with Gasteiger partial charge in [0.15, 0.2) is 5.70 Å². The highest BCUT2D eigenvalue weighted by Gasteiger charge is 2.56. The van der Waals surface area contributed by atoms with Gasteiger partial charge in [-0.2, -0.15) is 15.4 Å². The predicted octanol–water partition coefficient (Wildman–Crippen LogP) is 4.06. The van der Waals surface area contributed by atoms with Crippen LogP contribution in [0.3, 0.4) is 0 Å². The molecule has 12 heteroatoms. The molecular weight excluding hydrogens is 483 g/mol. The third kappa shape index (κ3) is 3.61. The molecular formula is C25H26BF2N5O4. The molecule has 0 bridgehead atoms. The minimum Gasteiger partial charge on any atom is -0.481 e. The Hall–Kier alpha value is -4.09. The van der Waals surface area contributed by atoms with Crippen LogP contribution in [0.5, 0.6) is 0 Å². The number of benzene rings is 1. The van der Waals surface area contributed by atoms with Gasteiger partial charge in [0.1, 0.15) is 16.7 Å². The van der Waals surface area contributed by atoms with Gasteiger partial charge in [-0.25, -0.2) is 0 Å². The number of aliphatic carboxylic acids is 2. The smallest absolute Gasteiger partial charge is 0.481 e. The molecule has 1 aromatic carbocycles. The first kappa shape index (κ1) is 24.6. The van der Waals surface area contributed by atoms with E-state index >= 15 is 8.63 Å². The maximum Gasteiger partial charge on any atom is 0.737 e. The molecule has 5 rings (SSSR count). The molecule has 2 aliphatic rings. The molecule has 2 aliphatic heterocycles. The third-order valence-electron chi connectivity index (χ3n) is 7.57. The summed E-state index contributed by atoms with van der Waals surface area (Å²) in [5.74, 6) is -2.00. The van der Waals surface area contributed by atoms with E-state index in [0.29, 0.717) is 67.2 Å². The molecule has 4 heterocycles. The molecule has 3 aromatic rings. The Morgan fingerprint density at radius 1 is 1.03 bits per heavy atom. The number of aromatic nitrogens is 4. The highest BCUT2D eigenvalue weighted by atomic mass is 19.2. The molecule has 0 saturated heterocycles. The molecule has 0 spiro atoms. The lowest BCUT2D eigenvalue weighted by atomic mass is 9.83. The summed E-state index contributed by atoms with van der Waals surface area (Å²) in [5, 5.41) is 29.3. The number of allylic oxidation sites excluding steroid dienone is 2. The fourth-order valence-electron chi connectivity index (χ4n) is 5.91. The summed E-state index contributed by atoms with van der Waals surface area (Å²) in [6, 6.07) is 5.36. The molecule has 192 valence electrons. The van der Waals surface area contributed by atoms with Crippen molar-refractivity contribution in [2.45, 2.75) is 53.4 Å². The van der Waals surface area contributed by atoms with Crippen LogP contribution in [0, 0.1) is 13.8 Å². The van der Waals surface area contributed by atoms with Crippen LogP contribution >= 0.6 is 0 Å². The summed E-state index contributed by atoms with van der Waals surface area (Å²) in [6.45, 7) is 2.36. The highest BCUT2D eigenvalue weighted by molar-refractivity contribution is 6.58. The summed E-state index contributed by atoms with van der Waals surface area (Å²) in [4.78, 5) is 22.6. The van der Waals surface area contributed by atoms with Crippen molar-refractivity contribution in [3.8, 4) is 0 Å². The first-order valence-electron chi connectivity index (χ1n) is 12.0. The Morgan fingerprint density at radius 2 is 1.68 bits per heavy atom. The average Bonchev–Trinajstić information content (AvgIpc) is 3.46. The molecule has 0 atom stereocenters. The van der Waals surface area contributed by atoms with Gasteiger partial charge >= 0.3 is 18.9 Å². The number of hydrogen-bond donors (Lipinski definition) is 3. The van der Waals surface area contributed by atoms with Gasteiger partial charge in [-0.3, -0.25) is 9.59 Å². The zero-order valence-electron chi connectivity index (χ0n) is 20.9. The average molecular weight is 509 g/mol. The summed E-state index contributed by atoms with van der Waals surface area (Å²) < 4.78 is 35.1. The van der Waals surface area contributed by atoms with E-state index in [9.17, 15) is 19.8 Å². The van der Waals surface area contributed by atoms with E-state index in [2.05, 4.69) is 15.4 Å². The van der Waals surface area contributed by atoms with Crippen LogP contribution in [-0.4, -0.2) is 59.2 Å².